The van der Waals surface area contributed by atoms with Crippen LogP contribution in [0.2, 0.25) is 0 Å². The maximum absolute atomic E-state index is 12.3. The fourth-order valence-corrected chi connectivity index (χ4v) is 2.25. The molecule has 0 saturated heterocycles. The van der Waals surface area contributed by atoms with E-state index in [1.54, 1.807) is 61.8 Å². The predicted molar refractivity (Wildman–Crippen MR) is 91.5 cm³/mol. The molecule has 1 amide bonds. The minimum atomic E-state index is -1.09. The van der Waals surface area contributed by atoms with Crippen molar-refractivity contribution in [3.8, 4) is 11.4 Å². The van der Waals surface area contributed by atoms with Gasteiger partial charge in [0, 0.05) is 17.4 Å². The number of benzene rings is 2. The molecule has 1 aromatic heterocycles. The van der Waals surface area contributed by atoms with Gasteiger partial charge in [0.05, 0.1) is 12.8 Å². The number of carboxylic acids is 1. The molecule has 0 bridgehead atoms. The van der Waals surface area contributed by atoms with E-state index in [9.17, 15) is 9.59 Å². The molecule has 0 spiro atoms. The van der Waals surface area contributed by atoms with Gasteiger partial charge in [0.2, 0.25) is 0 Å². The molecule has 0 fully saturated rings. The van der Waals surface area contributed by atoms with Crippen molar-refractivity contribution in [1.29, 1.82) is 0 Å². The number of nitrogens with zero attached hydrogens (tertiary/aromatic N) is 2. The molecule has 25 heavy (non-hydrogen) atoms. The number of aromatic nitrogens is 2. The van der Waals surface area contributed by atoms with Gasteiger partial charge >= 0.3 is 5.97 Å². The Bertz CT molecular complexity index is 916. The Morgan fingerprint density at radius 1 is 1.12 bits per heavy atom. The van der Waals surface area contributed by atoms with Crippen LogP contribution in [0.4, 0.5) is 5.69 Å². The predicted octanol–water partition coefficient (Wildman–Crippen LogP) is 2.83. The van der Waals surface area contributed by atoms with E-state index in [1.165, 1.54) is 10.7 Å². The smallest absolute Gasteiger partial charge is 0.356 e. The highest BCUT2D eigenvalue weighted by Crippen LogP contribution is 2.17. The maximum atomic E-state index is 12.3. The number of carbonyl (C=O) groups excluding carboxylic acids is 1. The molecule has 3 rings (SSSR count). The highest BCUT2D eigenvalue weighted by atomic mass is 16.5. The largest absolute Gasteiger partial charge is 0.497 e. The monoisotopic (exact) mass is 337 g/mol. The quantitative estimate of drug-likeness (QED) is 0.747. The van der Waals surface area contributed by atoms with Crippen molar-refractivity contribution in [2.24, 2.45) is 0 Å². The van der Waals surface area contributed by atoms with Crippen LogP contribution in [0.15, 0.2) is 60.8 Å². The van der Waals surface area contributed by atoms with Gasteiger partial charge in [-0.05, 0) is 48.5 Å². The van der Waals surface area contributed by atoms with Crippen LogP contribution in [-0.2, 0) is 0 Å². The molecule has 0 atom stereocenters. The second-order valence-electron chi connectivity index (χ2n) is 5.18. The Labute approximate surface area is 143 Å². The van der Waals surface area contributed by atoms with Gasteiger partial charge in [-0.25, -0.2) is 9.48 Å². The van der Waals surface area contributed by atoms with Crippen molar-refractivity contribution in [2.75, 3.05) is 12.4 Å². The number of amides is 1. The van der Waals surface area contributed by atoms with E-state index in [1.807, 2.05) is 0 Å². The third kappa shape index (κ3) is 3.66. The van der Waals surface area contributed by atoms with Crippen molar-refractivity contribution < 1.29 is 19.4 Å². The number of anilines is 1. The summed E-state index contributed by atoms with van der Waals surface area (Å²) in [4.78, 5) is 23.2. The number of hydrogen-bond donors (Lipinski definition) is 2. The number of rotatable bonds is 5. The first-order chi connectivity index (χ1) is 12.1. The van der Waals surface area contributed by atoms with Crippen LogP contribution in [0.5, 0.6) is 5.75 Å². The van der Waals surface area contributed by atoms with E-state index in [0.29, 0.717) is 22.7 Å². The molecule has 0 unspecified atom stereocenters. The van der Waals surface area contributed by atoms with Crippen LogP contribution >= 0.6 is 0 Å². The molecule has 7 nitrogen and oxygen atoms in total. The first kappa shape index (κ1) is 16.3. The summed E-state index contributed by atoms with van der Waals surface area (Å²) in [7, 11) is 1.56. The lowest BCUT2D eigenvalue weighted by molar-refractivity contribution is 0.0689. The summed E-state index contributed by atoms with van der Waals surface area (Å²) in [5.41, 5.74) is 1.66. The minimum absolute atomic E-state index is 0.0485. The number of nitrogens with one attached hydrogen (secondary N) is 1. The van der Waals surface area contributed by atoms with Gasteiger partial charge in [0.25, 0.3) is 5.91 Å². The molecule has 2 N–H and O–H groups in total. The summed E-state index contributed by atoms with van der Waals surface area (Å²) in [6, 6.07) is 15.1. The molecule has 0 aliphatic rings. The van der Waals surface area contributed by atoms with Crippen molar-refractivity contribution in [3.63, 3.8) is 0 Å². The summed E-state index contributed by atoms with van der Waals surface area (Å²) >= 11 is 0. The van der Waals surface area contributed by atoms with Crippen molar-refractivity contribution in [2.45, 2.75) is 0 Å². The number of aromatic carboxylic acids is 1. The van der Waals surface area contributed by atoms with Crippen LogP contribution in [0.3, 0.4) is 0 Å². The Balaban J connectivity index is 1.78. The SMILES string of the molecule is COc1ccc(C(=O)Nc2cccc(-n3ccc(C(=O)O)n3)c2)cc1. The normalized spacial score (nSPS) is 10.3. The third-order valence-electron chi connectivity index (χ3n) is 3.53. The van der Waals surface area contributed by atoms with Crippen molar-refractivity contribution in [1.82, 2.24) is 9.78 Å². The minimum Gasteiger partial charge on any atom is -0.497 e. The van der Waals surface area contributed by atoms with E-state index in [2.05, 4.69) is 10.4 Å². The Morgan fingerprint density at radius 2 is 1.88 bits per heavy atom. The number of carboxylic acid groups (broad SMARTS) is 1. The molecule has 2 aromatic carbocycles. The zero-order valence-corrected chi connectivity index (χ0v) is 13.3. The van der Waals surface area contributed by atoms with Gasteiger partial charge in [-0.2, -0.15) is 5.10 Å². The van der Waals surface area contributed by atoms with Crippen molar-refractivity contribution >= 4 is 17.6 Å². The zero-order valence-electron chi connectivity index (χ0n) is 13.3. The second-order valence-corrected chi connectivity index (χ2v) is 5.18. The molecular weight excluding hydrogens is 322 g/mol. The van der Waals surface area contributed by atoms with E-state index in [4.69, 9.17) is 9.84 Å². The fourth-order valence-electron chi connectivity index (χ4n) is 2.25. The molecule has 0 radical (unpaired) electrons. The number of hydrogen-bond acceptors (Lipinski definition) is 4. The number of ether oxygens (including phenoxy) is 1. The maximum Gasteiger partial charge on any atom is 0.356 e. The van der Waals surface area contributed by atoms with Gasteiger partial charge in [-0.1, -0.05) is 6.07 Å². The number of carbonyl (C=O) groups is 2. The van der Waals surface area contributed by atoms with Crippen LogP contribution in [0.25, 0.3) is 5.69 Å². The highest BCUT2D eigenvalue weighted by Gasteiger charge is 2.10. The van der Waals surface area contributed by atoms with E-state index in [0.717, 1.165) is 0 Å². The molecule has 0 aliphatic heterocycles. The lowest BCUT2D eigenvalue weighted by Gasteiger charge is -2.08. The summed E-state index contributed by atoms with van der Waals surface area (Å²) in [6.45, 7) is 0. The molecule has 1 heterocycles. The van der Waals surface area contributed by atoms with Gasteiger partial charge in [0.15, 0.2) is 5.69 Å². The van der Waals surface area contributed by atoms with Gasteiger partial charge in [-0.3, -0.25) is 4.79 Å². The summed E-state index contributed by atoms with van der Waals surface area (Å²) < 4.78 is 6.50. The summed E-state index contributed by atoms with van der Waals surface area (Å²) in [6.07, 6.45) is 1.55. The van der Waals surface area contributed by atoms with E-state index >= 15 is 0 Å². The topological polar surface area (TPSA) is 93.5 Å². The Kier molecular flexibility index (Phi) is 4.47. The van der Waals surface area contributed by atoms with Crippen LogP contribution < -0.4 is 10.1 Å². The Hall–Kier alpha value is -3.61. The van der Waals surface area contributed by atoms with Crippen LogP contribution in [-0.4, -0.2) is 33.9 Å². The standard InChI is InChI=1S/C18H15N3O4/c1-25-15-7-5-12(6-8-15)17(22)19-13-3-2-4-14(11-13)21-10-9-16(20-21)18(23)24/h2-11H,1H3,(H,19,22)(H,23,24). The highest BCUT2D eigenvalue weighted by molar-refractivity contribution is 6.04. The first-order valence-electron chi connectivity index (χ1n) is 7.41. The summed E-state index contributed by atoms with van der Waals surface area (Å²) in [5, 5.41) is 15.7. The molecular formula is C18H15N3O4. The molecule has 7 heteroatoms. The first-order valence-corrected chi connectivity index (χ1v) is 7.41. The van der Waals surface area contributed by atoms with Gasteiger partial charge in [-0.15, -0.1) is 0 Å². The number of methoxy groups -OCH3 is 1. The van der Waals surface area contributed by atoms with E-state index in [-0.39, 0.29) is 11.6 Å². The zero-order chi connectivity index (χ0) is 17.8. The lowest BCUT2D eigenvalue weighted by Crippen LogP contribution is -2.12. The summed E-state index contributed by atoms with van der Waals surface area (Å²) in [5.74, 6) is -0.680. The van der Waals surface area contributed by atoms with Crippen LogP contribution in [0.1, 0.15) is 20.8 Å². The fraction of sp³-hybridized carbons (Fsp3) is 0.0556. The third-order valence-corrected chi connectivity index (χ3v) is 3.53. The molecule has 0 saturated carbocycles. The molecule has 126 valence electrons. The average molecular weight is 337 g/mol. The Morgan fingerprint density at radius 3 is 2.52 bits per heavy atom. The van der Waals surface area contributed by atoms with E-state index < -0.39 is 5.97 Å². The van der Waals surface area contributed by atoms with Crippen molar-refractivity contribution in [3.05, 3.63) is 72.1 Å². The molecule has 3 aromatic rings. The van der Waals surface area contributed by atoms with Gasteiger partial charge in [0.1, 0.15) is 5.75 Å². The second kappa shape index (κ2) is 6.88. The van der Waals surface area contributed by atoms with Gasteiger partial charge < -0.3 is 15.2 Å². The lowest BCUT2D eigenvalue weighted by atomic mass is 10.2. The molecule has 0 aliphatic carbocycles. The average Bonchev–Trinajstić information content (AvgIpc) is 3.12. The van der Waals surface area contributed by atoms with Crippen LogP contribution in [0, 0.1) is 0 Å².